The van der Waals surface area contributed by atoms with E-state index in [1.165, 1.54) is 0 Å². The summed E-state index contributed by atoms with van der Waals surface area (Å²) in [5.74, 6) is 0.673. The lowest BCUT2D eigenvalue weighted by molar-refractivity contribution is -0.118. The molecular formula is C23H18N2O4. The lowest BCUT2D eigenvalue weighted by atomic mass is 10.0. The predicted molar refractivity (Wildman–Crippen MR) is 111 cm³/mol. The number of ether oxygens (including phenoxy) is 1. The first-order valence-electron chi connectivity index (χ1n) is 9.07. The molecule has 0 radical (unpaired) electrons. The van der Waals surface area contributed by atoms with Gasteiger partial charge in [0.1, 0.15) is 17.1 Å². The van der Waals surface area contributed by atoms with E-state index in [2.05, 4.69) is 10.3 Å². The highest BCUT2D eigenvalue weighted by molar-refractivity contribution is 5.92. The van der Waals surface area contributed by atoms with E-state index >= 15 is 0 Å². The number of carbonyl (C=O) groups is 1. The van der Waals surface area contributed by atoms with Crippen molar-refractivity contribution in [3.05, 3.63) is 89.0 Å². The second kappa shape index (κ2) is 7.98. The van der Waals surface area contributed by atoms with Crippen LogP contribution >= 0.6 is 0 Å². The maximum atomic E-state index is 13.0. The molecule has 6 heteroatoms. The largest absolute Gasteiger partial charge is 0.484 e. The molecule has 6 nitrogen and oxygen atoms in total. The summed E-state index contributed by atoms with van der Waals surface area (Å²) in [5, 5.41) is 3.18. The van der Waals surface area contributed by atoms with Crippen LogP contribution in [0.2, 0.25) is 0 Å². The van der Waals surface area contributed by atoms with E-state index in [9.17, 15) is 9.59 Å². The molecule has 0 fully saturated rings. The minimum atomic E-state index is -0.298. The molecular weight excluding hydrogens is 368 g/mol. The summed E-state index contributed by atoms with van der Waals surface area (Å²) in [6.07, 6.45) is 3.18. The van der Waals surface area contributed by atoms with Crippen LogP contribution in [0.5, 0.6) is 5.75 Å². The number of hydrogen-bond acceptors (Lipinski definition) is 5. The third-order valence-corrected chi connectivity index (χ3v) is 4.44. The first-order chi connectivity index (χ1) is 14.1. The monoisotopic (exact) mass is 386 g/mol. The molecule has 4 rings (SSSR count). The van der Waals surface area contributed by atoms with Gasteiger partial charge in [-0.3, -0.25) is 14.6 Å². The Morgan fingerprint density at radius 1 is 1.07 bits per heavy atom. The number of nitrogens with one attached hydrogen (secondary N) is 1. The lowest BCUT2D eigenvalue weighted by Gasteiger charge is -2.10. The summed E-state index contributed by atoms with van der Waals surface area (Å²) in [6.45, 7) is 1.60. The minimum absolute atomic E-state index is 0.100. The van der Waals surface area contributed by atoms with Crippen LogP contribution in [0.3, 0.4) is 0 Å². The summed E-state index contributed by atoms with van der Waals surface area (Å²) in [4.78, 5) is 28.9. The molecule has 0 aliphatic heterocycles. The standard InChI is InChI=1S/C23H18N2O4/c1-15-22(16-5-3-2-4-6-16)23(27)19-8-7-18(13-20(19)29-15)28-14-21(26)25-17-9-11-24-12-10-17/h2-13H,14H2,1H3,(H,24,25,26). The maximum Gasteiger partial charge on any atom is 0.262 e. The number of pyridine rings is 1. The van der Waals surface area contributed by atoms with Crippen molar-refractivity contribution in [1.29, 1.82) is 0 Å². The number of carbonyl (C=O) groups excluding carboxylic acids is 1. The van der Waals surface area contributed by atoms with Gasteiger partial charge in [-0.1, -0.05) is 30.3 Å². The molecule has 0 saturated heterocycles. The molecule has 144 valence electrons. The highest BCUT2D eigenvalue weighted by Gasteiger charge is 2.14. The fourth-order valence-corrected chi connectivity index (χ4v) is 3.10. The second-order valence-electron chi connectivity index (χ2n) is 6.46. The van der Waals surface area contributed by atoms with E-state index in [-0.39, 0.29) is 17.9 Å². The van der Waals surface area contributed by atoms with E-state index in [1.807, 2.05) is 30.3 Å². The highest BCUT2D eigenvalue weighted by Crippen LogP contribution is 2.26. The number of rotatable bonds is 5. The smallest absolute Gasteiger partial charge is 0.262 e. The van der Waals surface area contributed by atoms with Gasteiger partial charge in [0.25, 0.3) is 5.91 Å². The van der Waals surface area contributed by atoms with Crippen LogP contribution in [-0.4, -0.2) is 17.5 Å². The van der Waals surface area contributed by atoms with Crippen LogP contribution in [0, 0.1) is 6.92 Å². The highest BCUT2D eigenvalue weighted by atomic mass is 16.5. The van der Waals surface area contributed by atoms with Crippen LogP contribution in [0.25, 0.3) is 22.1 Å². The van der Waals surface area contributed by atoms with E-state index in [1.54, 1.807) is 49.6 Å². The Labute approximate surface area is 166 Å². The lowest BCUT2D eigenvalue weighted by Crippen LogP contribution is -2.20. The Kier molecular flexibility index (Phi) is 5.07. The molecule has 0 aliphatic carbocycles. The molecule has 2 heterocycles. The van der Waals surface area contributed by atoms with Gasteiger partial charge in [0.05, 0.1) is 10.9 Å². The fourth-order valence-electron chi connectivity index (χ4n) is 3.10. The molecule has 2 aromatic carbocycles. The molecule has 1 amide bonds. The molecule has 0 atom stereocenters. The fraction of sp³-hybridized carbons (Fsp3) is 0.0870. The summed E-state index contributed by atoms with van der Waals surface area (Å²) in [7, 11) is 0. The molecule has 1 N–H and O–H groups in total. The predicted octanol–water partition coefficient (Wildman–Crippen LogP) is 4.18. The average Bonchev–Trinajstić information content (AvgIpc) is 2.73. The van der Waals surface area contributed by atoms with Gasteiger partial charge in [0, 0.05) is 24.1 Å². The molecule has 0 spiro atoms. The third kappa shape index (κ3) is 4.01. The zero-order chi connectivity index (χ0) is 20.2. The van der Waals surface area contributed by atoms with Crippen LogP contribution in [0.15, 0.2) is 82.3 Å². The SMILES string of the molecule is Cc1oc2cc(OCC(=O)Nc3ccncc3)ccc2c(=O)c1-c1ccccc1. The molecule has 0 bridgehead atoms. The number of benzene rings is 2. The second-order valence-corrected chi connectivity index (χ2v) is 6.46. The van der Waals surface area contributed by atoms with Gasteiger partial charge in [-0.25, -0.2) is 0 Å². The number of anilines is 1. The molecule has 0 saturated carbocycles. The summed E-state index contributed by atoms with van der Waals surface area (Å²) < 4.78 is 11.4. The summed E-state index contributed by atoms with van der Waals surface area (Å²) in [5.41, 5.74) is 2.32. The van der Waals surface area contributed by atoms with Gasteiger partial charge in [0.2, 0.25) is 5.43 Å². The minimum Gasteiger partial charge on any atom is -0.484 e. The summed E-state index contributed by atoms with van der Waals surface area (Å²) in [6, 6.07) is 17.7. The zero-order valence-corrected chi connectivity index (χ0v) is 15.7. The van der Waals surface area contributed by atoms with Crippen molar-refractivity contribution in [3.8, 4) is 16.9 Å². The third-order valence-electron chi connectivity index (χ3n) is 4.44. The summed E-state index contributed by atoms with van der Waals surface area (Å²) >= 11 is 0. The van der Waals surface area contributed by atoms with Crippen LogP contribution in [-0.2, 0) is 4.79 Å². The number of amides is 1. The number of fused-ring (bicyclic) bond motifs is 1. The topological polar surface area (TPSA) is 81.4 Å². The molecule has 0 unspecified atom stereocenters. The van der Waals surface area contributed by atoms with Crippen molar-refractivity contribution in [2.45, 2.75) is 6.92 Å². The first kappa shape index (κ1) is 18.4. The molecule has 0 aliphatic rings. The quantitative estimate of drug-likeness (QED) is 0.556. The van der Waals surface area contributed by atoms with Gasteiger partial charge in [0.15, 0.2) is 6.61 Å². The maximum absolute atomic E-state index is 13.0. The Morgan fingerprint density at radius 2 is 1.83 bits per heavy atom. The van der Waals surface area contributed by atoms with Crippen molar-refractivity contribution >= 4 is 22.6 Å². The van der Waals surface area contributed by atoms with Crippen molar-refractivity contribution in [2.24, 2.45) is 0 Å². The van der Waals surface area contributed by atoms with E-state index in [4.69, 9.17) is 9.15 Å². The Hall–Kier alpha value is -3.93. The first-order valence-corrected chi connectivity index (χ1v) is 9.07. The van der Waals surface area contributed by atoms with Gasteiger partial charge >= 0.3 is 0 Å². The van der Waals surface area contributed by atoms with Crippen molar-refractivity contribution in [2.75, 3.05) is 11.9 Å². The average molecular weight is 386 g/mol. The number of aryl methyl sites for hydroxylation is 1. The van der Waals surface area contributed by atoms with Crippen LogP contribution in [0.1, 0.15) is 5.76 Å². The normalized spacial score (nSPS) is 10.7. The van der Waals surface area contributed by atoms with E-state index in [0.29, 0.717) is 33.7 Å². The van der Waals surface area contributed by atoms with E-state index in [0.717, 1.165) is 5.56 Å². The van der Waals surface area contributed by atoms with Crippen molar-refractivity contribution in [3.63, 3.8) is 0 Å². The zero-order valence-electron chi connectivity index (χ0n) is 15.7. The molecule has 4 aromatic rings. The number of aromatic nitrogens is 1. The molecule has 29 heavy (non-hydrogen) atoms. The van der Waals surface area contributed by atoms with Crippen molar-refractivity contribution in [1.82, 2.24) is 4.98 Å². The Bertz CT molecular complexity index is 1220. The van der Waals surface area contributed by atoms with Crippen LogP contribution < -0.4 is 15.5 Å². The number of nitrogens with zero attached hydrogens (tertiary/aromatic N) is 1. The number of hydrogen-bond donors (Lipinski definition) is 1. The van der Waals surface area contributed by atoms with Gasteiger partial charge < -0.3 is 14.5 Å². The van der Waals surface area contributed by atoms with E-state index < -0.39 is 0 Å². The molecule has 2 aromatic heterocycles. The Morgan fingerprint density at radius 3 is 2.59 bits per heavy atom. The van der Waals surface area contributed by atoms with Crippen molar-refractivity contribution < 1.29 is 13.9 Å². The van der Waals surface area contributed by atoms with Gasteiger partial charge in [-0.2, -0.15) is 0 Å². The van der Waals surface area contributed by atoms with Gasteiger partial charge in [-0.05, 0) is 36.8 Å². The van der Waals surface area contributed by atoms with Crippen LogP contribution in [0.4, 0.5) is 5.69 Å². The van der Waals surface area contributed by atoms with Gasteiger partial charge in [-0.15, -0.1) is 0 Å². The Balaban J connectivity index is 1.55.